The summed E-state index contributed by atoms with van der Waals surface area (Å²) in [5, 5.41) is 42.9. The lowest BCUT2D eigenvalue weighted by Gasteiger charge is -2.66. The summed E-state index contributed by atoms with van der Waals surface area (Å²) in [5.41, 5.74) is -0.0767. The van der Waals surface area contributed by atoms with Crippen LogP contribution >= 0.6 is 0 Å². The van der Waals surface area contributed by atoms with Crippen molar-refractivity contribution in [2.45, 2.75) is 104 Å². The SMILES string of the molecule is CC[C@H]1C(O)C2C3CC[C@H]([C@H](C)CCC(=O)O)[C@@]3(C)CC(O)C2[C@@]2(C)CC[C@@H](O)C[C@@H]12. The van der Waals surface area contributed by atoms with E-state index < -0.39 is 18.2 Å². The van der Waals surface area contributed by atoms with E-state index in [-0.39, 0.29) is 47.0 Å². The van der Waals surface area contributed by atoms with Crippen LogP contribution < -0.4 is 0 Å². The van der Waals surface area contributed by atoms with E-state index in [4.69, 9.17) is 5.11 Å². The van der Waals surface area contributed by atoms with Crippen molar-refractivity contribution in [3.8, 4) is 0 Å². The lowest BCUT2D eigenvalue weighted by atomic mass is 9.40. The van der Waals surface area contributed by atoms with Gasteiger partial charge in [0.2, 0.25) is 0 Å². The second-order valence-corrected chi connectivity index (χ2v) is 12.2. The van der Waals surface area contributed by atoms with E-state index in [1.54, 1.807) is 0 Å². The molecule has 12 atom stereocenters. The highest BCUT2D eigenvalue weighted by Gasteiger charge is 2.67. The zero-order valence-electron chi connectivity index (χ0n) is 19.8. The van der Waals surface area contributed by atoms with Crippen LogP contribution in [0.15, 0.2) is 0 Å². The van der Waals surface area contributed by atoms with Crippen LogP contribution in [0, 0.1) is 52.3 Å². The van der Waals surface area contributed by atoms with Gasteiger partial charge in [0.1, 0.15) is 0 Å². The zero-order valence-corrected chi connectivity index (χ0v) is 19.8. The summed E-state index contributed by atoms with van der Waals surface area (Å²) in [5.74, 6) is 1.00. The molecule has 5 unspecified atom stereocenters. The van der Waals surface area contributed by atoms with Crippen LogP contribution in [0.5, 0.6) is 0 Å². The van der Waals surface area contributed by atoms with Gasteiger partial charge >= 0.3 is 5.97 Å². The molecule has 0 amide bonds. The monoisotopic (exact) mass is 436 g/mol. The molecule has 0 aromatic heterocycles. The van der Waals surface area contributed by atoms with Gasteiger partial charge in [-0.15, -0.1) is 0 Å². The fourth-order valence-electron chi connectivity index (χ4n) is 9.60. The molecule has 0 saturated heterocycles. The van der Waals surface area contributed by atoms with Crippen molar-refractivity contribution in [3.05, 3.63) is 0 Å². The average molecular weight is 437 g/mol. The minimum atomic E-state index is -0.734. The van der Waals surface area contributed by atoms with Crippen molar-refractivity contribution < 1.29 is 25.2 Å². The highest BCUT2D eigenvalue weighted by atomic mass is 16.4. The number of aliphatic hydroxyl groups is 3. The first-order chi connectivity index (χ1) is 14.5. The third-order valence-corrected chi connectivity index (χ3v) is 10.9. The zero-order chi connectivity index (χ0) is 22.7. The van der Waals surface area contributed by atoms with Crippen LogP contribution in [0.3, 0.4) is 0 Å². The third kappa shape index (κ3) is 3.58. The van der Waals surface area contributed by atoms with Crippen LogP contribution in [-0.2, 0) is 4.79 Å². The van der Waals surface area contributed by atoms with Gasteiger partial charge in [0.15, 0.2) is 0 Å². The van der Waals surface area contributed by atoms with Crippen LogP contribution in [0.4, 0.5) is 0 Å². The molecule has 4 aliphatic carbocycles. The van der Waals surface area contributed by atoms with Gasteiger partial charge in [-0.3, -0.25) is 4.79 Å². The van der Waals surface area contributed by atoms with Gasteiger partial charge in [-0.25, -0.2) is 0 Å². The Hall–Kier alpha value is -0.650. The molecule has 5 nitrogen and oxygen atoms in total. The number of aliphatic carboxylic acids is 1. The maximum Gasteiger partial charge on any atom is 0.303 e. The molecular formula is C26H44O5. The van der Waals surface area contributed by atoms with E-state index in [1.807, 2.05) is 0 Å². The lowest BCUT2D eigenvalue weighted by Crippen LogP contribution is -2.65. The van der Waals surface area contributed by atoms with Gasteiger partial charge in [-0.05, 0) is 97.2 Å². The number of fused-ring (bicyclic) bond motifs is 5. The fraction of sp³-hybridized carbons (Fsp3) is 0.962. The summed E-state index contributed by atoms with van der Waals surface area (Å²) in [6, 6.07) is 0. The number of aliphatic hydroxyl groups excluding tert-OH is 3. The van der Waals surface area contributed by atoms with Gasteiger partial charge in [0, 0.05) is 6.42 Å². The minimum absolute atomic E-state index is 0.0302. The van der Waals surface area contributed by atoms with Crippen molar-refractivity contribution in [3.63, 3.8) is 0 Å². The molecule has 178 valence electrons. The Labute approximate surface area is 187 Å². The second kappa shape index (κ2) is 8.29. The van der Waals surface area contributed by atoms with Crippen molar-refractivity contribution in [2.24, 2.45) is 52.3 Å². The molecule has 5 heteroatoms. The quantitative estimate of drug-likeness (QED) is 0.520. The van der Waals surface area contributed by atoms with Gasteiger partial charge in [-0.1, -0.05) is 34.1 Å². The Bertz CT molecular complexity index is 681. The van der Waals surface area contributed by atoms with E-state index in [2.05, 4.69) is 27.7 Å². The molecule has 0 bridgehead atoms. The fourth-order valence-corrected chi connectivity index (χ4v) is 9.60. The van der Waals surface area contributed by atoms with Gasteiger partial charge < -0.3 is 20.4 Å². The summed E-state index contributed by atoms with van der Waals surface area (Å²) < 4.78 is 0. The molecule has 0 radical (unpaired) electrons. The summed E-state index contributed by atoms with van der Waals surface area (Å²) in [6.45, 7) is 9.01. The van der Waals surface area contributed by atoms with Crippen molar-refractivity contribution in [1.82, 2.24) is 0 Å². The second-order valence-electron chi connectivity index (χ2n) is 12.2. The number of carboxylic acids is 1. The molecule has 0 spiro atoms. The smallest absolute Gasteiger partial charge is 0.303 e. The average Bonchev–Trinajstić information content (AvgIpc) is 3.04. The van der Waals surface area contributed by atoms with E-state index in [1.165, 1.54) is 0 Å². The van der Waals surface area contributed by atoms with E-state index in [0.29, 0.717) is 24.2 Å². The molecule has 0 aliphatic heterocycles. The first kappa shape index (κ1) is 23.5. The first-order valence-corrected chi connectivity index (χ1v) is 12.8. The van der Waals surface area contributed by atoms with Gasteiger partial charge in [0.05, 0.1) is 18.3 Å². The summed E-state index contributed by atoms with van der Waals surface area (Å²) in [6.07, 6.45) is 6.04. The topological polar surface area (TPSA) is 98.0 Å². The van der Waals surface area contributed by atoms with Crippen LogP contribution in [-0.4, -0.2) is 44.7 Å². The molecule has 4 aliphatic rings. The molecule has 4 N–H and O–H groups in total. The largest absolute Gasteiger partial charge is 0.481 e. The number of hydrogen-bond donors (Lipinski definition) is 4. The van der Waals surface area contributed by atoms with Crippen molar-refractivity contribution in [2.75, 3.05) is 0 Å². The van der Waals surface area contributed by atoms with Crippen molar-refractivity contribution >= 4 is 5.97 Å². The van der Waals surface area contributed by atoms with Crippen molar-refractivity contribution in [1.29, 1.82) is 0 Å². The molecule has 31 heavy (non-hydrogen) atoms. The van der Waals surface area contributed by atoms with Crippen LogP contribution in [0.25, 0.3) is 0 Å². The third-order valence-electron chi connectivity index (χ3n) is 10.9. The number of hydrogen-bond acceptors (Lipinski definition) is 4. The normalized spacial score (nSPS) is 52.7. The highest BCUT2D eigenvalue weighted by molar-refractivity contribution is 5.66. The van der Waals surface area contributed by atoms with Crippen LogP contribution in [0.1, 0.15) is 85.5 Å². The van der Waals surface area contributed by atoms with E-state index >= 15 is 0 Å². The lowest BCUT2D eigenvalue weighted by molar-refractivity contribution is -0.235. The number of carbonyl (C=O) groups is 1. The summed E-state index contributed by atoms with van der Waals surface area (Å²) in [4.78, 5) is 11.1. The Morgan fingerprint density at radius 3 is 2.42 bits per heavy atom. The summed E-state index contributed by atoms with van der Waals surface area (Å²) >= 11 is 0. The predicted molar refractivity (Wildman–Crippen MR) is 119 cm³/mol. The van der Waals surface area contributed by atoms with E-state index in [9.17, 15) is 20.1 Å². The maximum atomic E-state index is 11.7. The molecule has 4 saturated carbocycles. The predicted octanol–water partition coefficient (Wildman–Crippen LogP) is 4.08. The molecule has 0 aromatic carbocycles. The van der Waals surface area contributed by atoms with Gasteiger partial charge in [0.25, 0.3) is 0 Å². The highest BCUT2D eigenvalue weighted by Crippen LogP contribution is 2.69. The number of rotatable bonds is 5. The Morgan fingerprint density at radius 1 is 1.06 bits per heavy atom. The minimum Gasteiger partial charge on any atom is -0.481 e. The van der Waals surface area contributed by atoms with Crippen LogP contribution in [0.2, 0.25) is 0 Å². The number of carboxylic acid groups (broad SMARTS) is 1. The Morgan fingerprint density at radius 2 is 1.77 bits per heavy atom. The Kier molecular flexibility index (Phi) is 6.28. The molecule has 0 heterocycles. The Balaban J connectivity index is 1.66. The van der Waals surface area contributed by atoms with Gasteiger partial charge in [-0.2, -0.15) is 0 Å². The molecule has 4 rings (SSSR count). The summed E-state index contributed by atoms with van der Waals surface area (Å²) in [7, 11) is 0. The molecular weight excluding hydrogens is 392 g/mol. The molecule has 0 aromatic rings. The molecule has 4 fully saturated rings. The first-order valence-electron chi connectivity index (χ1n) is 12.8. The maximum absolute atomic E-state index is 11.7. The van der Waals surface area contributed by atoms with E-state index in [0.717, 1.165) is 44.9 Å². The standard InChI is InChI=1S/C26H44O5/c1-5-16-19-12-15(27)10-11-25(19,3)23-20(28)13-26(4)17(14(2)6-9-21(29)30)7-8-18(26)22(23)24(16)31/h14-20,22-24,27-28,31H,5-13H2,1-4H3,(H,29,30)/t14-,15-,16-,17-,18?,19+,20?,22?,23?,24?,25+,26-/m1/s1.